The Morgan fingerprint density at radius 2 is 2.03 bits per heavy atom. The molecule has 0 aromatic heterocycles. The van der Waals surface area contributed by atoms with E-state index in [1.165, 1.54) is 0 Å². The van der Waals surface area contributed by atoms with Gasteiger partial charge in [-0.25, -0.2) is 0 Å². The average molecular weight is 450 g/mol. The van der Waals surface area contributed by atoms with E-state index in [1.54, 1.807) is 18.9 Å². The molecule has 2 aromatic carbocycles. The number of carbonyl (C=O) groups excluding carboxylic acids is 1. The van der Waals surface area contributed by atoms with Crippen LogP contribution in [-0.4, -0.2) is 29.4 Å². The minimum absolute atomic E-state index is 0.0661. The Hall–Kier alpha value is -1.76. The maximum atomic E-state index is 12.4. The molecule has 29 heavy (non-hydrogen) atoms. The van der Waals surface area contributed by atoms with Crippen molar-refractivity contribution >= 4 is 52.2 Å². The zero-order valence-electron chi connectivity index (χ0n) is 16.8. The van der Waals surface area contributed by atoms with Gasteiger partial charge in [-0.2, -0.15) is 0 Å². The molecule has 154 valence electrons. The molecule has 0 bridgehead atoms. The van der Waals surface area contributed by atoms with E-state index in [-0.39, 0.29) is 29.0 Å². The van der Waals surface area contributed by atoms with Gasteiger partial charge in [0.15, 0.2) is 0 Å². The number of anilines is 1. The van der Waals surface area contributed by atoms with Crippen molar-refractivity contribution in [3.8, 4) is 5.75 Å². The van der Waals surface area contributed by atoms with E-state index in [0.29, 0.717) is 10.0 Å². The Bertz CT molecular complexity index is 932. The highest BCUT2D eigenvalue weighted by Gasteiger charge is 2.32. The first-order valence-electron chi connectivity index (χ1n) is 9.39. The van der Waals surface area contributed by atoms with Gasteiger partial charge in [-0.15, -0.1) is 11.8 Å². The molecule has 3 rings (SSSR count). The number of esters is 1. The van der Waals surface area contributed by atoms with Crippen molar-refractivity contribution in [1.82, 2.24) is 0 Å². The molecule has 0 fully saturated rings. The first-order valence-corrected chi connectivity index (χ1v) is 11.1. The van der Waals surface area contributed by atoms with Crippen LogP contribution < -0.4 is 10.1 Å². The van der Waals surface area contributed by atoms with Crippen LogP contribution in [0.2, 0.25) is 5.02 Å². The lowest BCUT2D eigenvalue weighted by Gasteiger charge is -2.23. The normalized spacial score (nSPS) is 18.6. The quantitative estimate of drug-likeness (QED) is 0.450. The van der Waals surface area contributed by atoms with Crippen LogP contribution in [-0.2, 0) is 9.53 Å². The van der Waals surface area contributed by atoms with Crippen LogP contribution in [0.1, 0.15) is 42.2 Å². The van der Waals surface area contributed by atoms with Gasteiger partial charge >= 0.3 is 5.97 Å². The number of fused-ring (bicyclic) bond motifs is 1. The van der Waals surface area contributed by atoms with Crippen LogP contribution in [0.3, 0.4) is 0 Å². The number of nitrogens with one attached hydrogen (secondary N) is 1. The van der Waals surface area contributed by atoms with E-state index in [4.69, 9.17) is 33.3 Å². The zero-order valence-corrected chi connectivity index (χ0v) is 19.2. The Morgan fingerprint density at radius 1 is 1.28 bits per heavy atom. The van der Waals surface area contributed by atoms with Crippen LogP contribution in [0.15, 0.2) is 36.4 Å². The molecule has 0 saturated heterocycles. The number of ether oxygens (including phenoxy) is 2. The summed E-state index contributed by atoms with van der Waals surface area (Å²) in [6.45, 7) is 5.72. The molecule has 1 N–H and O–H groups in total. The van der Waals surface area contributed by atoms with Crippen molar-refractivity contribution in [2.45, 2.75) is 43.8 Å². The molecule has 0 radical (unpaired) electrons. The molecule has 0 aliphatic carbocycles. The smallest absolute Gasteiger partial charge is 0.307 e. The fourth-order valence-corrected chi connectivity index (χ4v) is 5.38. The van der Waals surface area contributed by atoms with Gasteiger partial charge in [0, 0.05) is 10.7 Å². The van der Waals surface area contributed by atoms with Gasteiger partial charge < -0.3 is 14.8 Å². The Kier molecular flexibility index (Phi) is 7.09. The maximum Gasteiger partial charge on any atom is 0.307 e. The summed E-state index contributed by atoms with van der Waals surface area (Å²) in [5.74, 6) is 0.564. The number of halogens is 1. The first kappa shape index (κ1) is 21.9. The minimum atomic E-state index is -0.258. The second kappa shape index (κ2) is 9.37. The molecule has 2 atom stereocenters. The van der Waals surface area contributed by atoms with Gasteiger partial charge in [0.2, 0.25) is 0 Å². The van der Waals surface area contributed by atoms with Crippen molar-refractivity contribution in [3.05, 3.63) is 58.1 Å². The number of hydrogen-bond acceptors (Lipinski definition) is 5. The molecule has 4 nitrogen and oxygen atoms in total. The third-order valence-corrected chi connectivity index (χ3v) is 6.98. The maximum absolute atomic E-state index is 12.4. The van der Waals surface area contributed by atoms with Gasteiger partial charge in [0.25, 0.3) is 0 Å². The molecule has 0 spiro atoms. The van der Waals surface area contributed by atoms with Crippen LogP contribution in [0, 0.1) is 6.92 Å². The van der Waals surface area contributed by atoms with Gasteiger partial charge in [0.1, 0.15) is 5.75 Å². The first-order chi connectivity index (χ1) is 13.8. The number of thioether (sulfide) groups is 1. The van der Waals surface area contributed by atoms with E-state index in [0.717, 1.165) is 28.1 Å². The molecule has 7 heteroatoms. The Morgan fingerprint density at radius 3 is 2.72 bits per heavy atom. The number of carbonyl (C=O) groups is 1. The molecule has 2 aromatic rings. The average Bonchev–Trinajstić information content (AvgIpc) is 2.78. The molecular formula is C22H24ClNO3S2. The van der Waals surface area contributed by atoms with E-state index < -0.39 is 0 Å². The second-order valence-corrected chi connectivity index (χ2v) is 9.33. The topological polar surface area (TPSA) is 47.6 Å². The predicted octanol–water partition coefficient (Wildman–Crippen LogP) is 5.94. The molecule has 2 unspecified atom stereocenters. The van der Waals surface area contributed by atoms with E-state index in [2.05, 4.69) is 11.4 Å². The summed E-state index contributed by atoms with van der Waals surface area (Å²) in [4.78, 5) is 13.0. The second-order valence-electron chi connectivity index (χ2n) is 7.14. The van der Waals surface area contributed by atoms with Crippen LogP contribution in [0.25, 0.3) is 0 Å². The SMILES string of the molecule is COc1cccc(C2SC(CC(=O)OC(C)C)C(=S)Nc3ccc(Cl)cc32)c1C. The summed E-state index contributed by atoms with van der Waals surface area (Å²) in [7, 11) is 1.67. The lowest BCUT2D eigenvalue weighted by molar-refractivity contribution is -0.147. The molecule has 1 aliphatic rings. The number of rotatable bonds is 5. The molecular weight excluding hydrogens is 426 g/mol. The Balaban J connectivity index is 2.05. The fraction of sp³-hybridized carbons (Fsp3) is 0.364. The summed E-state index contributed by atoms with van der Waals surface area (Å²) in [6.07, 6.45) is 0.0443. The lowest BCUT2D eigenvalue weighted by atomic mass is 9.98. The van der Waals surface area contributed by atoms with Gasteiger partial charge in [0.05, 0.1) is 35.1 Å². The van der Waals surface area contributed by atoms with Gasteiger partial charge in [-0.05, 0) is 61.7 Å². The molecule has 0 saturated carbocycles. The van der Waals surface area contributed by atoms with Crippen molar-refractivity contribution in [2.24, 2.45) is 0 Å². The van der Waals surface area contributed by atoms with Crippen LogP contribution in [0.5, 0.6) is 5.75 Å². The third kappa shape index (κ3) is 5.05. The van der Waals surface area contributed by atoms with E-state index in [1.807, 2.05) is 51.1 Å². The largest absolute Gasteiger partial charge is 0.496 e. The summed E-state index contributed by atoms with van der Waals surface area (Å²) in [5.41, 5.74) is 4.08. The molecule has 0 amide bonds. The van der Waals surface area contributed by atoms with Gasteiger partial charge in [-0.1, -0.05) is 36.0 Å². The van der Waals surface area contributed by atoms with Crippen LogP contribution >= 0.6 is 35.6 Å². The summed E-state index contributed by atoms with van der Waals surface area (Å²) >= 11 is 13.6. The number of hydrogen-bond donors (Lipinski definition) is 1. The number of thiocarbonyl (C=S) groups is 1. The highest BCUT2D eigenvalue weighted by Crippen LogP contribution is 2.47. The summed E-state index contributed by atoms with van der Waals surface area (Å²) in [6, 6.07) is 11.7. The molecule has 1 heterocycles. The van der Waals surface area contributed by atoms with Crippen molar-refractivity contribution in [1.29, 1.82) is 0 Å². The minimum Gasteiger partial charge on any atom is -0.496 e. The van der Waals surface area contributed by atoms with Crippen molar-refractivity contribution in [3.63, 3.8) is 0 Å². The van der Waals surface area contributed by atoms with E-state index in [9.17, 15) is 4.79 Å². The van der Waals surface area contributed by atoms with Gasteiger partial charge in [-0.3, -0.25) is 4.79 Å². The highest BCUT2D eigenvalue weighted by atomic mass is 35.5. The predicted molar refractivity (Wildman–Crippen MR) is 124 cm³/mol. The van der Waals surface area contributed by atoms with E-state index >= 15 is 0 Å². The number of benzene rings is 2. The number of methoxy groups -OCH3 is 1. The van der Waals surface area contributed by atoms with Crippen molar-refractivity contribution < 1.29 is 14.3 Å². The summed E-state index contributed by atoms with van der Waals surface area (Å²) < 4.78 is 10.9. The molecule has 1 aliphatic heterocycles. The highest BCUT2D eigenvalue weighted by molar-refractivity contribution is 8.02. The monoisotopic (exact) mass is 449 g/mol. The standard InChI is InChI=1S/C22H24ClNO3S2/c1-12(2)27-20(25)11-19-22(28)24-17-9-8-14(23)10-16(17)21(29-19)15-6-5-7-18(26-4)13(15)3/h5-10,12,19,21H,11H2,1-4H3,(H,24,28). The van der Waals surface area contributed by atoms with Crippen LogP contribution in [0.4, 0.5) is 5.69 Å². The van der Waals surface area contributed by atoms with Crippen molar-refractivity contribution in [2.75, 3.05) is 12.4 Å². The Labute approximate surface area is 186 Å². The zero-order chi connectivity index (χ0) is 21.1. The fourth-order valence-electron chi connectivity index (χ4n) is 3.36. The summed E-state index contributed by atoms with van der Waals surface area (Å²) in [5, 5.41) is 3.68. The lowest BCUT2D eigenvalue weighted by Crippen LogP contribution is -2.26. The third-order valence-electron chi connectivity index (χ3n) is 4.69.